The van der Waals surface area contributed by atoms with E-state index in [1.54, 1.807) is 6.07 Å². The number of amides is 1. The molecule has 2 heterocycles. The molecule has 41 heavy (non-hydrogen) atoms. The van der Waals surface area contributed by atoms with Crippen LogP contribution in [0.15, 0.2) is 102 Å². The third kappa shape index (κ3) is 7.15. The molecule has 4 atom stereocenters. The fraction of sp³-hybridized carbons (Fsp3) is 0.273. The lowest BCUT2D eigenvalue weighted by molar-refractivity contribution is -0.645. The van der Waals surface area contributed by atoms with Crippen LogP contribution in [0.25, 0.3) is 11.1 Å². The number of hydrogen-bond donors (Lipinski definition) is 2. The zero-order valence-corrected chi connectivity index (χ0v) is 23.9. The molecular weight excluding hydrogens is 536 g/mol. The topological polar surface area (TPSA) is 94.7 Å². The molecule has 0 spiro atoms. The molecule has 5 rings (SSSR count). The first-order chi connectivity index (χ1) is 19.9. The van der Waals surface area contributed by atoms with Crippen LogP contribution in [0.3, 0.4) is 0 Å². The third-order valence-corrected chi connectivity index (χ3v) is 8.40. The molecule has 2 N–H and O–H groups in total. The van der Waals surface area contributed by atoms with E-state index in [4.69, 9.17) is 9.47 Å². The Morgan fingerprint density at radius 3 is 2.39 bits per heavy atom. The molecule has 7 nitrogen and oxygen atoms in total. The highest BCUT2D eigenvalue weighted by Gasteiger charge is 2.38. The van der Waals surface area contributed by atoms with Crippen molar-refractivity contribution in [2.24, 2.45) is 5.92 Å². The highest BCUT2D eigenvalue weighted by molar-refractivity contribution is 7.99. The SMILES string of the molecule is CC(=O)NCc1cccc(-c2ccc([C@@H]3O[C@H](CSc4cccc[n+]4[O-])[C@H](C)[C@H](c4ccc(CO)cc4)O3)cc2)c1. The number of carbonyl (C=O) groups is 1. The van der Waals surface area contributed by atoms with Crippen molar-refractivity contribution < 1.29 is 24.1 Å². The van der Waals surface area contributed by atoms with Gasteiger partial charge in [0, 0.05) is 42.8 Å². The minimum absolute atomic E-state index is 0.0128. The molecule has 3 aromatic carbocycles. The molecule has 4 aromatic rings. The summed E-state index contributed by atoms with van der Waals surface area (Å²) in [7, 11) is 0. The van der Waals surface area contributed by atoms with Crippen molar-refractivity contribution in [3.8, 4) is 11.1 Å². The number of aromatic nitrogens is 1. The summed E-state index contributed by atoms with van der Waals surface area (Å²) in [5.74, 6) is 0.558. The number of aliphatic hydroxyl groups is 1. The minimum Gasteiger partial charge on any atom is -0.618 e. The summed E-state index contributed by atoms with van der Waals surface area (Å²) in [5, 5.41) is 25.2. The average molecular weight is 571 g/mol. The van der Waals surface area contributed by atoms with E-state index < -0.39 is 6.29 Å². The van der Waals surface area contributed by atoms with E-state index >= 15 is 0 Å². The Balaban J connectivity index is 1.37. The van der Waals surface area contributed by atoms with Crippen molar-refractivity contribution in [3.05, 3.63) is 125 Å². The molecule has 1 aliphatic rings. The van der Waals surface area contributed by atoms with E-state index in [1.807, 2.05) is 66.7 Å². The van der Waals surface area contributed by atoms with Crippen molar-refractivity contribution in [2.45, 2.75) is 50.5 Å². The zero-order chi connectivity index (χ0) is 28.8. The second kappa shape index (κ2) is 13.3. The van der Waals surface area contributed by atoms with E-state index in [9.17, 15) is 15.1 Å². The Morgan fingerprint density at radius 1 is 0.927 bits per heavy atom. The van der Waals surface area contributed by atoms with Gasteiger partial charge in [-0.1, -0.05) is 85.4 Å². The van der Waals surface area contributed by atoms with Gasteiger partial charge in [-0.05, 0) is 39.9 Å². The molecule has 0 saturated carbocycles. The Hall–Kier alpha value is -3.69. The standard InChI is InChI=1S/C33H34N2O5S/c1-22-30(21-41-31-8-3-4-17-35(31)38)39-33(40-32(22)27-11-9-24(20-36)10-12-27)28-15-13-26(14-16-28)29-7-5-6-25(18-29)19-34-23(2)37/h3-18,22,30,32-33,36H,19-21H2,1-2H3,(H,34,37)/t22-,30+,32+,33+/m0/s1. The largest absolute Gasteiger partial charge is 0.618 e. The summed E-state index contributed by atoms with van der Waals surface area (Å²) < 4.78 is 14.0. The van der Waals surface area contributed by atoms with Crippen molar-refractivity contribution in [1.29, 1.82) is 0 Å². The second-order valence-electron chi connectivity index (χ2n) is 10.2. The van der Waals surface area contributed by atoms with E-state index in [1.165, 1.54) is 24.9 Å². The minimum atomic E-state index is -0.588. The summed E-state index contributed by atoms with van der Waals surface area (Å²) in [6.07, 6.45) is 0.510. The monoisotopic (exact) mass is 570 g/mol. The molecule has 212 valence electrons. The fourth-order valence-electron chi connectivity index (χ4n) is 4.92. The molecule has 0 aliphatic carbocycles. The Kier molecular flexibility index (Phi) is 9.36. The molecule has 0 unspecified atom stereocenters. The number of ether oxygens (including phenoxy) is 2. The lowest BCUT2D eigenvalue weighted by Crippen LogP contribution is -2.39. The van der Waals surface area contributed by atoms with Crippen molar-refractivity contribution in [2.75, 3.05) is 5.75 Å². The number of benzene rings is 3. The van der Waals surface area contributed by atoms with Crippen LogP contribution in [0, 0.1) is 11.1 Å². The smallest absolute Gasteiger partial charge is 0.251 e. The van der Waals surface area contributed by atoms with Gasteiger partial charge in [-0.25, -0.2) is 0 Å². The summed E-state index contributed by atoms with van der Waals surface area (Å²) in [5.41, 5.74) is 5.91. The Morgan fingerprint density at radius 2 is 1.68 bits per heavy atom. The number of rotatable bonds is 9. The number of nitrogens with one attached hydrogen (secondary N) is 1. The zero-order valence-electron chi connectivity index (χ0n) is 23.1. The first kappa shape index (κ1) is 28.8. The van der Waals surface area contributed by atoms with E-state index in [0.717, 1.165) is 38.1 Å². The van der Waals surface area contributed by atoms with Gasteiger partial charge in [0.25, 0.3) is 5.03 Å². The number of carbonyl (C=O) groups excluding carboxylic acids is 1. The van der Waals surface area contributed by atoms with E-state index in [-0.39, 0.29) is 30.6 Å². The highest BCUT2D eigenvalue weighted by Crippen LogP contribution is 2.43. The van der Waals surface area contributed by atoms with Crippen LogP contribution in [0.5, 0.6) is 0 Å². The lowest BCUT2D eigenvalue weighted by Gasteiger charge is -2.41. The summed E-state index contributed by atoms with van der Waals surface area (Å²) in [6, 6.07) is 29.5. The summed E-state index contributed by atoms with van der Waals surface area (Å²) >= 11 is 1.48. The van der Waals surface area contributed by atoms with Gasteiger partial charge in [-0.2, -0.15) is 4.73 Å². The first-order valence-corrected chi connectivity index (χ1v) is 14.6. The molecule has 1 aromatic heterocycles. The number of pyridine rings is 1. The van der Waals surface area contributed by atoms with Crippen molar-refractivity contribution >= 4 is 17.7 Å². The van der Waals surface area contributed by atoms with Crippen molar-refractivity contribution in [1.82, 2.24) is 5.32 Å². The maximum atomic E-state index is 12.2. The maximum absolute atomic E-state index is 12.2. The van der Waals surface area contributed by atoms with Gasteiger partial charge in [0.1, 0.15) is 0 Å². The van der Waals surface area contributed by atoms with Crippen LogP contribution in [-0.2, 0) is 27.4 Å². The predicted octanol–water partition coefficient (Wildman–Crippen LogP) is 5.70. The van der Waals surface area contributed by atoms with Gasteiger partial charge >= 0.3 is 0 Å². The second-order valence-corrected chi connectivity index (χ2v) is 11.3. The number of thioether (sulfide) groups is 1. The van der Waals surface area contributed by atoms with Crippen LogP contribution in [-0.4, -0.2) is 22.9 Å². The maximum Gasteiger partial charge on any atom is 0.251 e. The predicted molar refractivity (Wildman–Crippen MR) is 158 cm³/mol. The van der Waals surface area contributed by atoms with Crippen LogP contribution in [0.4, 0.5) is 0 Å². The number of nitrogens with zero attached hydrogens (tertiary/aromatic N) is 1. The molecular formula is C33H34N2O5S. The van der Waals surface area contributed by atoms with Crippen molar-refractivity contribution in [3.63, 3.8) is 0 Å². The number of aliphatic hydroxyl groups excluding tert-OH is 1. The van der Waals surface area contributed by atoms with Crippen LogP contribution >= 0.6 is 11.8 Å². The van der Waals surface area contributed by atoms with Crippen LogP contribution < -0.4 is 10.0 Å². The average Bonchev–Trinajstić information content (AvgIpc) is 3.00. The Labute approximate surface area is 244 Å². The van der Waals surface area contributed by atoms with Gasteiger partial charge in [-0.15, -0.1) is 0 Å². The molecule has 0 radical (unpaired) electrons. The molecule has 1 fully saturated rings. The highest BCUT2D eigenvalue weighted by atomic mass is 32.2. The normalized spacial score (nSPS) is 20.5. The number of hydrogen-bond acceptors (Lipinski definition) is 6. The van der Waals surface area contributed by atoms with Gasteiger partial charge in [0.2, 0.25) is 5.91 Å². The lowest BCUT2D eigenvalue weighted by atomic mass is 9.91. The van der Waals surface area contributed by atoms with E-state index in [0.29, 0.717) is 17.3 Å². The summed E-state index contributed by atoms with van der Waals surface area (Å²) in [6.45, 7) is 4.09. The molecule has 1 saturated heterocycles. The molecule has 8 heteroatoms. The van der Waals surface area contributed by atoms with Gasteiger partial charge < -0.3 is 25.1 Å². The first-order valence-electron chi connectivity index (χ1n) is 13.7. The van der Waals surface area contributed by atoms with Crippen LogP contribution in [0.2, 0.25) is 0 Å². The molecule has 1 amide bonds. The Bertz CT molecular complexity index is 1460. The van der Waals surface area contributed by atoms with Gasteiger partial charge in [0.15, 0.2) is 12.5 Å². The molecule has 0 bridgehead atoms. The molecule has 1 aliphatic heterocycles. The van der Waals surface area contributed by atoms with Gasteiger partial charge in [-0.3, -0.25) is 4.79 Å². The van der Waals surface area contributed by atoms with Gasteiger partial charge in [0.05, 0.1) is 18.8 Å². The van der Waals surface area contributed by atoms with E-state index in [2.05, 4.69) is 30.4 Å². The van der Waals surface area contributed by atoms with Crippen LogP contribution in [0.1, 0.15) is 48.5 Å². The fourth-order valence-corrected chi connectivity index (χ4v) is 6.00. The summed E-state index contributed by atoms with van der Waals surface area (Å²) in [4.78, 5) is 11.3. The quantitative estimate of drug-likeness (QED) is 0.152. The third-order valence-electron chi connectivity index (χ3n) is 7.29.